The SMILES string of the molecule is O=C(C=Cc1cccs1)Nc1onc2c1CCCC2. The average molecular weight is 274 g/mol. The van der Waals surface area contributed by atoms with E-state index < -0.39 is 0 Å². The van der Waals surface area contributed by atoms with Crippen LogP contribution in [0.3, 0.4) is 0 Å². The van der Waals surface area contributed by atoms with Crippen molar-refractivity contribution in [2.45, 2.75) is 25.7 Å². The molecule has 0 radical (unpaired) electrons. The first kappa shape index (κ1) is 12.2. The molecule has 1 amide bonds. The Morgan fingerprint density at radius 1 is 1.42 bits per heavy atom. The Bertz CT molecular complexity index is 599. The Morgan fingerprint density at radius 3 is 3.16 bits per heavy atom. The van der Waals surface area contributed by atoms with Crippen LogP contribution in [0.4, 0.5) is 5.88 Å². The van der Waals surface area contributed by atoms with Crippen LogP contribution >= 0.6 is 11.3 Å². The minimum atomic E-state index is -0.182. The number of hydrogen-bond acceptors (Lipinski definition) is 4. The highest BCUT2D eigenvalue weighted by Gasteiger charge is 2.19. The van der Waals surface area contributed by atoms with Gasteiger partial charge in [0.05, 0.1) is 5.69 Å². The van der Waals surface area contributed by atoms with E-state index in [1.807, 2.05) is 17.5 Å². The third-order valence-corrected chi connectivity index (χ3v) is 3.98. The Kier molecular flexibility index (Phi) is 3.46. The quantitative estimate of drug-likeness (QED) is 0.874. The van der Waals surface area contributed by atoms with E-state index >= 15 is 0 Å². The fourth-order valence-corrected chi connectivity index (χ4v) is 2.80. The van der Waals surface area contributed by atoms with Crippen molar-refractivity contribution in [1.82, 2.24) is 5.16 Å². The zero-order valence-electron chi connectivity index (χ0n) is 10.4. The number of nitrogens with zero attached hydrogens (tertiary/aromatic N) is 1. The number of anilines is 1. The molecule has 0 saturated heterocycles. The zero-order chi connectivity index (χ0) is 13.1. The van der Waals surface area contributed by atoms with Gasteiger partial charge in [-0.2, -0.15) is 0 Å². The standard InChI is InChI=1S/C14H14N2O2S/c17-13(8-7-10-4-3-9-19-10)15-14-11-5-1-2-6-12(11)16-18-14/h3-4,7-9H,1-2,5-6H2,(H,15,17). The van der Waals surface area contributed by atoms with Crippen LogP contribution < -0.4 is 5.32 Å². The highest BCUT2D eigenvalue weighted by Crippen LogP contribution is 2.27. The van der Waals surface area contributed by atoms with Gasteiger partial charge in [0.2, 0.25) is 5.88 Å². The van der Waals surface area contributed by atoms with Crippen LogP contribution in [-0.4, -0.2) is 11.1 Å². The first-order valence-electron chi connectivity index (χ1n) is 6.33. The van der Waals surface area contributed by atoms with Gasteiger partial charge in [-0.15, -0.1) is 11.3 Å². The molecule has 1 aliphatic carbocycles. The minimum absolute atomic E-state index is 0.182. The van der Waals surface area contributed by atoms with E-state index in [0.29, 0.717) is 5.88 Å². The van der Waals surface area contributed by atoms with Gasteiger partial charge < -0.3 is 4.52 Å². The summed E-state index contributed by atoms with van der Waals surface area (Å²) in [5.41, 5.74) is 2.05. The zero-order valence-corrected chi connectivity index (χ0v) is 11.2. The van der Waals surface area contributed by atoms with Crippen LogP contribution in [0.2, 0.25) is 0 Å². The molecule has 5 heteroatoms. The van der Waals surface area contributed by atoms with E-state index in [9.17, 15) is 4.79 Å². The van der Waals surface area contributed by atoms with Crippen LogP contribution in [0.5, 0.6) is 0 Å². The maximum Gasteiger partial charge on any atom is 0.250 e. The van der Waals surface area contributed by atoms with Crippen LogP contribution in [0.25, 0.3) is 6.08 Å². The fourth-order valence-electron chi connectivity index (χ4n) is 2.19. The summed E-state index contributed by atoms with van der Waals surface area (Å²) in [6.45, 7) is 0. The number of aromatic nitrogens is 1. The minimum Gasteiger partial charge on any atom is -0.338 e. The number of rotatable bonds is 3. The number of aryl methyl sites for hydroxylation is 1. The van der Waals surface area contributed by atoms with E-state index in [4.69, 9.17) is 4.52 Å². The molecule has 0 bridgehead atoms. The molecule has 0 fully saturated rings. The van der Waals surface area contributed by atoms with Crippen molar-refractivity contribution >= 4 is 29.2 Å². The summed E-state index contributed by atoms with van der Waals surface area (Å²) < 4.78 is 5.21. The number of amides is 1. The van der Waals surface area contributed by atoms with E-state index in [2.05, 4.69) is 10.5 Å². The van der Waals surface area contributed by atoms with Gasteiger partial charge in [-0.1, -0.05) is 11.2 Å². The van der Waals surface area contributed by atoms with Crippen molar-refractivity contribution in [2.24, 2.45) is 0 Å². The molecule has 2 heterocycles. The fraction of sp³-hybridized carbons (Fsp3) is 0.286. The van der Waals surface area contributed by atoms with Crippen LogP contribution in [0.15, 0.2) is 28.1 Å². The number of thiophene rings is 1. The van der Waals surface area contributed by atoms with Gasteiger partial charge in [0.15, 0.2) is 0 Å². The predicted octanol–water partition coefficient (Wildman–Crippen LogP) is 3.27. The van der Waals surface area contributed by atoms with Crippen LogP contribution in [-0.2, 0) is 17.6 Å². The molecule has 0 saturated carbocycles. The molecular weight excluding hydrogens is 260 g/mol. The molecule has 3 rings (SSSR count). The summed E-state index contributed by atoms with van der Waals surface area (Å²) in [6, 6.07) is 3.92. The van der Waals surface area contributed by atoms with Gasteiger partial charge >= 0.3 is 0 Å². The third kappa shape index (κ3) is 2.76. The second-order valence-corrected chi connectivity index (χ2v) is 5.46. The summed E-state index contributed by atoms with van der Waals surface area (Å²) in [4.78, 5) is 12.9. The lowest BCUT2D eigenvalue weighted by molar-refractivity contribution is -0.112. The largest absolute Gasteiger partial charge is 0.338 e. The van der Waals surface area contributed by atoms with Crippen molar-refractivity contribution in [3.63, 3.8) is 0 Å². The highest BCUT2D eigenvalue weighted by molar-refractivity contribution is 7.10. The smallest absolute Gasteiger partial charge is 0.250 e. The van der Waals surface area contributed by atoms with Gasteiger partial charge in [0, 0.05) is 16.5 Å². The Hall–Kier alpha value is -1.88. The maximum absolute atomic E-state index is 11.8. The van der Waals surface area contributed by atoms with Crippen LogP contribution in [0.1, 0.15) is 29.0 Å². The lowest BCUT2D eigenvalue weighted by Crippen LogP contribution is -2.10. The third-order valence-electron chi connectivity index (χ3n) is 3.14. The molecule has 0 spiro atoms. The summed E-state index contributed by atoms with van der Waals surface area (Å²) in [6.07, 6.45) is 7.46. The molecule has 1 aliphatic rings. The lowest BCUT2D eigenvalue weighted by Gasteiger charge is -2.08. The van der Waals surface area contributed by atoms with Crippen molar-refractivity contribution in [1.29, 1.82) is 0 Å². The normalized spacial score (nSPS) is 14.5. The Morgan fingerprint density at radius 2 is 2.32 bits per heavy atom. The highest BCUT2D eigenvalue weighted by atomic mass is 32.1. The summed E-state index contributed by atoms with van der Waals surface area (Å²) in [5.74, 6) is 0.327. The molecule has 0 aromatic carbocycles. The molecule has 19 heavy (non-hydrogen) atoms. The average Bonchev–Trinajstić information content (AvgIpc) is 3.07. The molecule has 0 aliphatic heterocycles. The Labute approximate surface area is 115 Å². The number of fused-ring (bicyclic) bond motifs is 1. The monoisotopic (exact) mass is 274 g/mol. The maximum atomic E-state index is 11.8. The number of carbonyl (C=O) groups is 1. The number of nitrogens with one attached hydrogen (secondary N) is 1. The first-order valence-corrected chi connectivity index (χ1v) is 7.21. The van der Waals surface area contributed by atoms with E-state index in [-0.39, 0.29) is 5.91 Å². The van der Waals surface area contributed by atoms with Gasteiger partial charge in [-0.05, 0) is 43.2 Å². The molecule has 98 valence electrons. The van der Waals surface area contributed by atoms with E-state index in [1.165, 1.54) is 6.08 Å². The van der Waals surface area contributed by atoms with Gasteiger partial charge in [-0.3, -0.25) is 10.1 Å². The Balaban J connectivity index is 1.68. The molecular formula is C14H14N2O2S. The van der Waals surface area contributed by atoms with Gasteiger partial charge in [0.1, 0.15) is 0 Å². The van der Waals surface area contributed by atoms with Gasteiger partial charge in [0.25, 0.3) is 5.91 Å². The van der Waals surface area contributed by atoms with E-state index in [1.54, 1.807) is 17.4 Å². The summed E-state index contributed by atoms with van der Waals surface area (Å²) >= 11 is 1.59. The first-order chi connectivity index (χ1) is 9.33. The van der Waals surface area contributed by atoms with Gasteiger partial charge in [-0.25, -0.2) is 0 Å². The second kappa shape index (κ2) is 5.40. The number of hydrogen-bond donors (Lipinski definition) is 1. The van der Waals surface area contributed by atoms with Crippen molar-refractivity contribution in [3.8, 4) is 0 Å². The molecule has 0 unspecified atom stereocenters. The van der Waals surface area contributed by atoms with Crippen molar-refractivity contribution in [2.75, 3.05) is 5.32 Å². The summed E-state index contributed by atoms with van der Waals surface area (Å²) in [7, 11) is 0. The predicted molar refractivity (Wildman–Crippen MR) is 75.1 cm³/mol. The van der Waals surface area contributed by atoms with Crippen molar-refractivity contribution in [3.05, 3.63) is 39.7 Å². The van der Waals surface area contributed by atoms with E-state index in [0.717, 1.165) is 41.8 Å². The number of carbonyl (C=O) groups excluding carboxylic acids is 1. The molecule has 4 nitrogen and oxygen atoms in total. The molecule has 1 N–H and O–H groups in total. The molecule has 0 atom stereocenters. The van der Waals surface area contributed by atoms with Crippen molar-refractivity contribution < 1.29 is 9.32 Å². The molecule has 2 aromatic rings. The van der Waals surface area contributed by atoms with Crippen LogP contribution in [0, 0.1) is 0 Å². The lowest BCUT2D eigenvalue weighted by atomic mass is 9.98. The second-order valence-electron chi connectivity index (χ2n) is 4.48. The summed E-state index contributed by atoms with van der Waals surface area (Å²) in [5, 5.41) is 8.75. The topological polar surface area (TPSA) is 55.1 Å². The molecule has 2 aromatic heterocycles.